The van der Waals surface area contributed by atoms with E-state index in [4.69, 9.17) is 9.84 Å². The molecule has 2 N–H and O–H groups in total. The first kappa shape index (κ1) is 15.5. The molecule has 1 unspecified atom stereocenters. The normalized spacial score (nSPS) is 15.8. The molecule has 1 aliphatic heterocycles. The van der Waals surface area contributed by atoms with Gasteiger partial charge in [0.05, 0.1) is 12.7 Å². The summed E-state index contributed by atoms with van der Waals surface area (Å²) in [5, 5.41) is 19.0. The van der Waals surface area contributed by atoms with Crippen molar-refractivity contribution in [2.24, 2.45) is 0 Å². The molecule has 8 nitrogen and oxygen atoms in total. The Morgan fingerprint density at radius 1 is 1.48 bits per heavy atom. The second kappa shape index (κ2) is 6.37. The average molecular weight is 381 g/mol. The molecule has 1 amide bonds. The van der Waals surface area contributed by atoms with Gasteiger partial charge in [0.25, 0.3) is 0 Å². The van der Waals surface area contributed by atoms with Crippen LogP contribution in [0.5, 0.6) is 5.75 Å². The van der Waals surface area contributed by atoms with Crippen LogP contribution < -0.4 is 10.1 Å². The Morgan fingerprint density at radius 2 is 2.30 bits per heavy atom. The highest BCUT2D eigenvalue weighted by atomic mass is 79.9. The molecule has 0 fully saturated rings. The van der Waals surface area contributed by atoms with E-state index in [9.17, 15) is 9.59 Å². The van der Waals surface area contributed by atoms with Gasteiger partial charge in [-0.2, -0.15) is 0 Å². The largest absolute Gasteiger partial charge is 0.492 e. The molecular formula is C14H13BrN4O4. The van der Waals surface area contributed by atoms with Gasteiger partial charge in [-0.1, -0.05) is 21.1 Å². The standard InChI is InChI=1S/C14H13BrN4O4/c15-8-1-2-12-10(3-8)11(7-23-12)14(22)16-4-9-5-19(18-17-9)6-13(20)21/h1-3,5,11H,4,6-7H2,(H,16,22)(H,20,21). The van der Waals surface area contributed by atoms with Crippen molar-refractivity contribution in [3.63, 3.8) is 0 Å². The van der Waals surface area contributed by atoms with Crippen molar-refractivity contribution in [2.45, 2.75) is 19.0 Å². The molecule has 0 aliphatic carbocycles. The van der Waals surface area contributed by atoms with Gasteiger partial charge in [0.2, 0.25) is 5.91 Å². The predicted molar refractivity (Wildman–Crippen MR) is 81.9 cm³/mol. The van der Waals surface area contributed by atoms with E-state index in [-0.39, 0.29) is 24.9 Å². The van der Waals surface area contributed by atoms with Crippen molar-refractivity contribution in [3.05, 3.63) is 40.1 Å². The zero-order valence-corrected chi connectivity index (χ0v) is 13.5. The zero-order valence-electron chi connectivity index (χ0n) is 11.9. The number of carboxylic acids is 1. The minimum absolute atomic E-state index is 0.172. The molecule has 0 saturated heterocycles. The molecule has 2 aromatic rings. The lowest BCUT2D eigenvalue weighted by atomic mass is 10.0. The summed E-state index contributed by atoms with van der Waals surface area (Å²) < 4.78 is 7.60. The molecule has 23 heavy (non-hydrogen) atoms. The molecule has 3 rings (SSSR count). The maximum Gasteiger partial charge on any atom is 0.325 e. The Labute approximate surface area is 139 Å². The van der Waals surface area contributed by atoms with Gasteiger partial charge in [-0.3, -0.25) is 9.59 Å². The minimum atomic E-state index is -1.00. The number of carboxylic acid groups (broad SMARTS) is 1. The third kappa shape index (κ3) is 3.50. The number of halogens is 1. The fourth-order valence-electron chi connectivity index (χ4n) is 2.34. The Balaban J connectivity index is 1.62. The van der Waals surface area contributed by atoms with Crippen molar-refractivity contribution in [3.8, 4) is 5.75 Å². The highest BCUT2D eigenvalue weighted by Crippen LogP contribution is 2.35. The molecule has 1 aliphatic rings. The monoisotopic (exact) mass is 380 g/mol. The number of ether oxygens (including phenoxy) is 1. The van der Waals surface area contributed by atoms with Gasteiger partial charge >= 0.3 is 5.97 Å². The van der Waals surface area contributed by atoms with Crippen molar-refractivity contribution in [2.75, 3.05) is 6.61 Å². The summed E-state index contributed by atoms with van der Waals surface area (Å²) in [6.45, 7) is 0.209. The van der Waals surface area contributed by atoms with Crippen molar-refractivity contribution in [1.82, 2.24) is 20.3 Å². The van der Waals surface area contributed by atoms with E-state index in [2.05, 4.69) is 31.6 Å². The number of carbonyl (C=O) groups excluding carboxylic acids is 1. The van der Waals surface area contributed by atoms with E-state index in [1.807, 2.05) is 18.2 Å². The van der Waals surface area contributed by atoms with Gasteiger partial charge in [0.15, 0.2) is 0 Å². The Bertz CT molecular complexity index is 761. The molecule has 0 radical (unpaired) electrons. The molecule has 0 spiro atoms. The van der Waals surface area contributed by atoms with Crippen LogP contribution in [0.15, 0.2) is 28.9 Å². The molecule has 1 aromatic carbocycles. The molecule has 120 valence electrons. The third-order valence-electron chi connectivity index (χ3n) is 3.40. The SMILES string of the molecule is O=C(O)Cn1cc(CNC(=O)C2COc3ccc(Br)cc32)nn1. The van der Waals surface area contributed by atoms with Crippen LogP contribution in [-0.4, -0.2) is 38.6 Å². The summed E-state index contributed by atoms with van der Waals surface area (Å²) in [7, 11) is 0. The van der Waals surface area contributed by atoms with Crippen LogP contribution in [0.1, 0.15) is 17.2 Å². The number of aliphatic carboxylic acids is 1. The van der Waals surface area contributed by atoms with Crippen LogP contribution in [0.25, 0.3) is 0 Å². The van der Waals surface area contributed by atoms with Gasteiger partial charge in [-0.05, 0) is 18.2 Å². The lowest BCUT2D eigenvalue weighted by Gasteiger charge is -2.09. The lowest BCUT2D eigenvalue weighted by Crippen LogP contribution is -2.29. The quantitative estimate of drug-likeness (QED) is 0.798. The van der Waals surface area contributed by atoms with E-state index in [0.717, 1.165) is 10.0 Å². The van der Waals surface area contributed by atoms with Crippen LogP contribution >= 0.6 is 15.9 Å². The summed E-state index contributed by atoms with van der Waals surface area (Å²) >= 11 is 3.38. The number of hydrogen-bond acceptors (Lipinski definition) is 5. The van der Waals surface area contributed by atoms with Crippen LogP contribution in [0.2, 0.25) is 0 Å². The van der Waals surface area contributed by atoms with Crippen molar-refractivity contribution in [1.29, 1.82) is 0 Å². The highest BCUT2D eigenvalue weighted by molar-refractivity contribution is 9.10. The Kier molecular flexibility index (Phi) is 4.28. The number of nitrogens with zero attached hydrogens (tertiary/aromatic N) is 3. The number of rotatable bonds is 5. The van der Waals surface area contributed by atoms with Crippen LogP contribution in [0, 0.1) is 0 Å². The highest BCUT2D eigenvalue weighted by Gasteiger charge is 2.30. The molecule has 2 heterocycles. The number of hydrogen-bond donors (Lipinski definition) is 2. The first-order valence-electron chi connectivity index (χ1n) is 6.83. The topological polar surface area (TPSA) is 106 Å². The second-order valence-corrected chi connectivity index (χ2v) is 5.98. The van der Waals surface area contributed by atoms with Crippen molar-refractivity contribution >= 4 is 27.8 Å². The fourth-order valence-corrected chi connectivity index (χ4v) is 2.72. The second-order valence-electron chi connectivity index (χ2n) is 5.06. The predicted octanol–water partition coefficient (Wildman–Crippen LogP) is 0.918. The molecule has 1 aromatic heterocycles. The number of benzene rings is 1. The fraction of sp³-hybridized carbons (Fsp3) is 0.286. The van der Waals surface area contributed by atoms with E-state index in [1.165, 1.54) is 10.9 Å². The van der Waals surface area contributed by atoms with E-state index in [0.29, 0.717) is 18.1 Å². The van der Waals surface area contributed by atoms with Crippen LogP contribution in [0.4, 0.5) is 0 Å². The first-order chi connectivity index (χ1) is 11.0. The summed E-state index contributed by atoms with van der Waals surface area (Å²) in [6, 6.07) is 5.56. The minimum Gasteiger partial charge on any atom is -0.492 e. The summed E-state index contributed by atoms with van der Waals surface area (Å²) in [4.78, 5) is 22.9. The number of fused-ring (bicyclic) bond motifs is 1. The van der Waals surface area contributed by atoms with Gasteiger partial charge < -0.3 is 15.2 Å². The van der Waals surface area contributed by atoms with Gasteiger partial charge in [0.1, 0.15) is 30.5 Å². The van der Waals surface area contributed by atoms with E-state index >= 15 is 0 Å². The number of amides is 1. The summed E-state index contributed by atoms with van der Waals surface area (Å²) in [5.41, 5.74) is 1.33. The Morgan fingerprint density at radius 3 is 3.09 bits per heavy atom. The van der Waals surface area contributed by atoms with Crippen LogP contribution in [-0.2, 0) is 22.7 Å². The molecule has 9 heteroatoms. The number of carbonyl (C=O) groups is 2. The van der Waals surface area contributed by atoms with Gasteiger partial charge in [-0.25, -0.2) is 4.68 Å². The molecule has 1 atom stereocenters. The lowest BCUT2D eigenvalue weighted by molar-refractivity contribution is -0.138. The summed E-state index contributed by atoms with van der Waals surface area (Å²) in [5.74, 6) is -0.845. The maximum absolute atomic E-state index is 12.3. The molecule has 0 bridgehead atoms. The Hall–Kier alpha value is -2.42. The third-order valence-corrected chi connectivity index (χ3v) is 3.89. The van der Waals surface area contributed by atoms with E-state index in [1.54, 1.807) is 0 Å². The summed E-state index contributed by atoms with van der Waals surface area (Å²) in [6.07, 6.45) is 1.49. The first-order valence-corrected chi connectivity index (χ1v) is 7.63. The van der Waals surface area contributed by atoms with Crippen LogP contribution in [0.3, 0.4) is 0 Å². The molecular weight excluding hydrogens is 368 g/mol. The maximum atomic E-state index is 12.3. The zero-order chi connectivity index (χ0) is 16.4. The van der Waals surface area contributed by atoms with Gasteiger partial charge in [0, 0.05) is 10.0 Å². The average Bonchev–Trinajstić information content (AvgIpc) is 3.10. The number of aromatic nitrogens is 3. The van der Waals surface area contributed by atoms with Crippen molar-refractivity contribution < 1.29 is 19.4 Å². The smallest absolute Gasteiger partial charge is 0.325 e. The molecule has 0 saturated carbocycles. The number of nitrogens with one attached hydrogen (secondary N) is 1. The van der Waals surface area contributed by atoms with Gasteiger partial charge in [-0.15, -0.1) is 5.10 Å². The van der Waals surface area contributed by atoms with E-state index < -0.39 is 5.97 Å².